The number of rotatable bonds is 24. The average molecular weight is 1880 g/mol. The molecule has 0 atom stereocenters. The highest BCUT2D eigenvalue weighted by atomic mass is 32.1. The summed E-state index contributed by atoms with van der Waals surface area (Å²) in [5, 5.41) is 0. The van der Waals surface area contributed by atoms with Crippen LogP contribution in [0.3, 0.4) is 0 Å². The standard InChI is InChI=1S/C97H108S12Si8/c1-110(2,3)85-49-41-73(98-85)69-57-81(106-93(69)77-45-53-89(102-77)114(13,14)15)61-25-33-65(34-26-61)97(66-35-27-62(28-36-66)82-58-70(74-42-50-86(99-74)111(4,5)6)94(107-82)78-46-54-90(103-78)115(16,17)18,67-37-29-63(30-38-67)83-59-71(75-43-51-87(100-75)112(7,8)9)95(108-83)79-47-55-91(104-79)116(19,20)21)68-39-31-64(32-40-68)84-60-72(76-44-52-88(101-76)113(10,11)12)96(109-84)80-48-56-92(105-80)117(22,23)24/h25-60H,1-24H3. The summed E-state index contributed by atoms with van der Waals surface area (Å²) in [7, 11) is -12.5. The first-order valence-corrected chi connectivity index (χ1v) is 78.6. The number of hydrogen-bond donors (Lipinski definition) is 0. The van der Waals surface area contributed by atoms with E-state index in [1.165, 1.54) is 145 Å². The van der Waals surface area contributed by atoms with E-state index in [1.807, 2.05) is 136 Å². The molecule has 600 valence electrons. The van der Waals surface area contributed by atoms with E-state index >= 15 is 0 Å². The van der Waals surface area contributed by atoms with Gasteiger partial charge in [-0.3, -0.25) is 0 Å². The van der Waals surface area contributed by atoms with Crippen LogP contribution in [0.2, 0.25) is 157 Å². The van der Waals surface area contributed by atoms with Gasteiger partial charge in [-0.15, -0.1) is 136 Å². The summed E-state index contributed by atoms with van der Waals surface area (Å²) < 4.78 is 12.4. The van der Waals surface area contributed by atoms with E-state index in [-0.39, 0.29) is 0 Å². The maximum absolute atomic E-state index is 2.53. The Labute approximate surface area is 753 Å². The van der Waals surface area contributed by atoms with Crippen LogP contribution >= 0.6 is 136 Å². The second kappa shape index (κ2) is 32.0. The smallest absolute Gasteiger partial charge is 0.0904 e. The SMILES string of the molecule is C[Si](C)(C)c1ccc(-c2cc(-c3ccc(C(c4ccc(-c5cc(-c6ccc([Si](C)(C)C)s6)c(-c6ccc([Si](C)(C)C)s6)s5)cc4)(c4ccc(-c5cc(-c6ccc([Si](C)(C)C)s6)c(-c6ccc([Si](C)(C)C)s6)s5)cc4)c4ccc(-c5cc(-c6ccc([Si](C)(C)C)s6)c(-c6ccc([Si](C)(C)C)s6)s5)cc4)cc3)sc2-c2ccc([Si](C)(C)C)s2)s1. The molecule has 0 unspecified atom stereocenters. The van der Waals surface area contributed by atoms with Crippen LogP contribution < -0.4 is 36.0 Å². The highest BCUT2D eigenvalue weighted by Crippen LogP contribution is 2.54. The quantitative estimate of drug-likeness (QED) is 0.0418. The largest absolute Gasteiger partial charge is 0.145 e. The summed E-state index contributed by atoms with van der Waals surface area (Å²) in [6.07, 6.45) is 0. The molecule has 0 amide bonds. The van der Waals surface area contributed by atoms with E-state index in [4.69, 9.17) is 0 Å². The molecule has 16 aromatic rings. The third kappa shape index (κ3) is 17.4. The van der Waals surface area contributed by atoms with Crippen LogP contribution in [0.5, 0.6) is 0 Å². The molecule has 0 spiro atoms. The zero-order valence-electron chi connectivity index (χ0n) is 72.2. The molecule has 0 fully saturated rings. The fourth-order valence-electron chi connectivity index (χ4n) is 15.1. The molecule has 0 aliphatic rings. The third-order valence-corrected chi connectivity index (χ3v) is 65.1. The van der Waals surface area contributed by atoms with Gasteiger partial charge in [-0.1, -0.05) is 303 Å². The first kappa shape index (κ1) is 85.6. The van der Waals surface area contributed by atoms with Gasteiger partial charge < -0.3 is 0 Å². The topological polar surface area (TPSA) is 0 Å². The summed E-state index contributed by atoms with van der Waals surface area (Å²) in [6, 6.07) is 88.7. The fourth-order valence-corrected chi connectivity index (χ4v) is 43.9. The highest BCUT2D eigenvalue weighted by Gasteiger charge is 2.40. The normalized spacial score (nSPS) is 13.1. The molecular weight excluding hydrogens is 1770 g/mol. The third-order valence-electron chi connectivity index (χ3n) is 22.1. The minimum Gasteiger partial charge on any atom is -0.145 e. The second-order valence-corrected chi connectivity index (χ2v) is 95.9. The van der Waals surface area contributed by atoms with Gasteiger partial charge in [0.25, 0.3) is 0 Å². The average Bonchev–Trinajstić information content (AvgIpc) is 1.70. The minimum absolute atomic E-state index is 0.783. The van der Waals surface area contributed by atoms with Gasteiger partial charge in [0.1, 0.15) is 0 Å². The highest BCUT2D eigenvalue weighted by molar-refractivity contribution is 7.36. The van der Waals surface area contributed by atoms with Crippen LogP contribution in [0.1, 0.15) is 22.3 Å². The molecule has 16 rings (SSSR count). The minimum atomic E-state index is -1.56. The van der Waals surface area contributed by atoms with Crippen molar-refractivity contribution in [2.75, 3.05) is 0 Å². The molecule has 12 heterocycles. The van der Waals surface area contributed by atoms with Crippen molar-refractivity contribution in [2.24, 2.45) is 0 Å². The Morgan fingerprint density at radius 2 is 0.299 bits per heavy atom. The molecule has 0 radical (unpaired) electrons. The fraction of sp³-hybridized carbons (Fsp3) is 0.258. The lowest BCUT2D eigenvalue weighted by Crippen LogP contribution is -2.34. The number of hydrogen-bond acceptors (Lipinski definition) is 12. The van der Waals surface area contributed by atoms with Crippen molar-refractivity contribution in [3.8, 4) is 123 Å². The molecule has 20 heteroatoms. The van der Waals surface area contributed by atoms with Gasteiger partial charge >= 0.3 is 0 Å². The van der Waals surface area contributed by atoms with E-state index in [1.54, 1.807) is 36.0 Å². The zero-order valence-corrected chi connectivity index (χ0v) is 90.0. The van der Waals surface area contributed by atoms with Crippen molar-refractivity contribution in [3.63, 3.8) is 0 Å². The van der Waals surface area contributed by atoms with Crippen LogP contribution in [0.4, 0.5) is 0 Å². The van der Waals surface area contributed by atoms with E-state index in [9.17, 15) is 0 Å². The zero-order chi connectivity index (χ0) is 83.2. The molecule has 117 heavy (non-hydrogen) atoms. The Balaban J connectivity index is 0.905. The maximum Gasteiger partial charge on any atom is 0.0904 e. The van der Waals surface area contributed by atoms with Gasteiger partial charge in [0, 0.05) is 80.8 Å². The predicted octanol–water partition coefficient (Wildman–Crippen LogP) is 31.2. The lowest BCUT2D eigenvalue weighted by Gasteiger charge is -2.37. The summed E-state index contributed by atoms with van der Waals surface area (Å²) in [6.45, 7) is 59.7. The lowest BCUT2D eigenvalue weighted by atomic mass is 9.64. The van der Waals surface area contributed by atoms with Gasteiger partial charge in [0.2, 0.25) is 0 Å². The number of thiophene rings is 12. The molecule has 0 nitrogen and oxygen atoms in total. The van der Waals surface area contributed by atoms with Crippen molar-refractivity contribution in [1.82, 2.24) is 0 Å². The summed E-state index contributed by atoms with van der Waals surface area (Å²) >= 11 is 24.1. The lowest BCUT2D eigenvalue weighted by molar-refractivity contribution is 0.745. The Bertz CT molecular complexity index is 5230. The van der Waals surface area contributed by atoms with Gasteiger partial charge in [-0.2, -0.15) is 0 Å². The van der Waals surface area contributed by atoms with Crippen LogP contribution in [0.15, 0.2) is 218 Å². The molecule has 0 bridgehead atoms. The molecule has 4 aromatic carbocycles. The van der Waals surface area contributed by atoms with Crippen molar-refractivity contribution < 1.29 is 0 Å². The Hall–Kier alpha value is -4.98. The monoisotopic (exact) mass is 1880 g/mol. The van der Waals surface area contributed by atoms with Crippen molar-refractivity contribution in [1.29, 1.82) is 0 Å². The Morgan fingerprint density at radius 1 is 0.154 bits per heavy atom. The van der Waals surface area contributed by atoms with E-state index < -0.39 is 70.0 Å². The molecular formula is C97H108S12Si8. The maximum atomic E-state index is 2.53. The predicted molar refractivity (Wildman–Crippen MR) is 568 cm³/mol. The summed E-state index contributed by atoms with van der Waals surface area (Å²) in [4.78, 5) is 21.8. The summed E-state index contributed by atoms with van der Waals surface area (Å²) in [5.41, 5.74) is 14.6. The van der Waals surface area contributed by atoms with E-state index in [2.05, 4.69) is 376 Å². The second-order valence-electron chi connectivity index (χ2n) is 39.8. The van der Waals surface area contributed by atoms with Gasteiger partial charge in [0.15, 0.2) is 0 Å². The first-order valence-electron chi connectivity index (χ1n) is 40.8. The van der Waals surface area contributed by atoms with Crippen LogP contribution in [0.25, 0.3) is 123 Å². The first-order chi connectivity index (χ1) is 54.9. The molecule has 0 aliphatic carbocycles. The van der Waals surface area contributed by atoms with E-state index in [0.29, 0.717) is 0 Å². The van der Waals surface area contributed by atoms with Gasteiger partial charge in [-0.25, -0.2) is 0 Å². The van der Waals surface area contributed by atoms with Crippen molar-refractivity contribution in [3.05, 3.63) is 241 Å². The van der Waals surface area contributed by atoms with Gasteiger partial charge in [0.05, 0.1) is 89.5 Å². The molecule has 0 aliphatic heterocycles. The molecule has 0 saturated heterocycles. The Morgan fingerprint density at radius 3 is 0.444 bits per heavy atom. The molecule has 0 saturated carbocycles. The van der Waals surface area contributed by atoms with Crippen molar-refractivity contribution >= 4 is 237 Å². The Kier molecular flexibility index (Phi) is 23.4. The van der Waals surface area contributed by atoms with Gasteiger partial charge in [-0.05, 0) is 153 Å². The molecule has 0 N–H and O–H groups in total. The van der Waals surface area contributed by atoms with Crippen LogP contribution in [-0.4, -0.2) is 64.6 Å². The van der Waals surface area contributed by atoms with Crippen LogP contribution in [-0.2, 0) is 5.41 Å². The molecule has 12 aromatic heterocycles. The number of benzene rings is 4. The van der Waals surface area contributed by atoms with Crippen molar-refractivity contribution in [2.45, 2.75) is 163 Å². The van der Waals surface area contributed by atoms with E-state index in [0.717, 1.165) is 0 Å². The summed E-state index contributed by atoms with van der Waals surface area (Å²) in [5.74, 6) is 0. The van der Waals surface area contributed by atoms with Crippen LogP contribution in [0, 0.1) is 0 Å².